The summed E-state index contributed by atoms with van der Waals surface area (Å²) in [6, 6.07) is -0.266. The molecule has 0 bridgehead atoms. The molecule has 0 saturated heterocycles. The second-order valence-corrected chi connectivity index (χ2v) is 4.92. The molecule has 2 unspecified atom stereocenters. The standard InChI is InChI=1S/C14H26N2O5/c1-4-10(2)11(9-17)16-13(19)7-8-15-12(18)5-6-14(20)21-3/h10-11,17H,4-9H2,1-3H3,(H,15,18)(H,16,19). The van der Waals surface area contributed by atoms with Crippen molar-refractivity contribution in [3.63, 3.8) is 0 Å². The van der Waals surface area contributed by atoms with Crippen molar-refractivity contribution in [1.82, 2.24) is 10.6 Å². The molecule has 2 amide bonds. The average molecular weight is 302 g/mol. The van der Waals surface area contributed by atoms with Crippen molar-refractivity contribution in [2.45, 2.75) is 45.6 Å². The zero-order valence-electron chi connectivity index (χ0n) is 13.0. The van der Waals surface area contributed by atoms with Crippen LogP contribution >= 0.6 is 0 Å². The number of nitrogens with one attached hydrogen (secondary N) is 2. The Labute approximate surface area is 125 Å². The Morgan fingerprint density at radius 2 is 1.81 bits per heavy atom. The summed E-state index contributed by atoms with van der Waals surface area (Å²) >= 11 is 0. The maximum atomic E-state index is 11.7. The van der Waals surface area contributed by atoms with Gasteiger partial charge in [-0.05, 0) is 5.92 Å². The van der Waals surface area contributed by atoms with Gasteiger partial charge < -0.3 is 20.5 Å². The van der Waals surface area contributed by atoms with Crippen LogP contribution in [0.15, 0.2) is 0 Å². The van der Waals surface area contributed by atoms with Crippen molar-refractivity contribution in [3.8, 4) is 0 Å². The minimum atomic E-state index is -0.442. The third-order valence-electron chi connectivity index (χ3n) is 3.33. The number of carbonyl (C=O) groups excluding carboxylic acids is 3. The molecule has 0 aromatic rings. The van der Waals surface area contributed by atoms with Crippen molar-refractivity contribution in [2.24, 2.45) is 5.92 Å². The van der Waals surface area contributed by atoms with E-state index in [2.05, 4.69) is 15.4 Å². The molecule has 21 heavy (non-hydrogen) atoms. The van der Waals surface area contributed by atoms with Gasteiger partial charge in [-0.15, -0.1) is 0 Å². The van der Waals surface area contributed by atoms with Crippen LogP contribution in [-0.2, 0) is 19.1 Å². The molecule has 3 N–H and O–H groups in total. The summed E-state index contributed by atoms with van der Waals surface area (Å²) in [7, 11) is 1.26. The highest BCUT2D eigenvalue weighted by atomic mass is 16.5. The smallest absolute Gasteiger partial charge is 0.306 e. The predicted molar refractivity (Wildman–Crippen MR) is 77.3 cm³/mol. The third-order valence-corrected chi connectivity index (χ3v) is 3.33. The molecule has 0 radical (unpaired) electrons. The van der Waals surface area contributed by atoms with Gasteiger partial charge in [-0.3, -0.25) is 14.4 Å². The summed E-state index contributed by atoms with van der Waals surface area (Å²) in [4.78, 5) is 33.9. The van der Waals surface area contributed by atoms with Crippen LogP contribution in [0, 0.1) is 5.92 Å². The molecule has 0 rings (SSSR count). The van der Waals surface area contributed by atoms with Crippen LogP contribution in [-0.4, -0.2) is 49.2 Å². The first-order valence-corrected chi connectivity index (χ1v) is 7.18. The Kier molecular flexibility index (Phi) is 10.2. The summed E-state index contributed by atoms with van der Waals surface area (Å²) in [5.74, 6) is -0.771. The van der Waals surface area contributed by atoms with Crippen molar-refractivity contribution in [1.29, 1.82) is 0 Å². The number of carbonyl (C=O) groups is 3. The number of methoxy groups -OCH3 is 1. The number of esters is 1. The maximum absolute atomic E-state index is 11.7. The number of amides is 2. The van der Waals surface area contributed by atoms with Crippen LogP contribution in [0.5, 0.6) is 0 Å². The zero-order chi connectivity index (χ0) is 16.3. The van der Waals surface area contributed by atoms with E-state index in [0.29, 0.717) is 0 Å². The molecule has 7 nitrogen and oxygen atoms in total. The summed E-state index contributed by atoms with van der Waals surface area (Å²) in [6.45, 7) is 4.04. The molecule has 0 aromatic carbocycles. The lowest BCUT2D eigenvalue weighted by Gasteiger charge is -2.22. The van der Waals surface area contributed by atoms with Gasteiger partial charge in [0.25, 0.3) is 0 Å². The molecule has 0 fully saturated rings. The summed E-state index contributed by atoms with van der Waals surface area (Å²) in [6.07, 6.45) is 1.06. The highest BCUT2D eigenvalue weighted by Crippen LogP contribution is 2.06. The Bertz CT molecular complexity index is 346. The third kappa shape index (κ3) is 9.01. The largest absolute Gasteiger partial charge is 0.469 e. The number of hydrogen-bond acceptors (Lipinski definition) is 5. The number of aliphatic hydroxyl groups is 1. The molecular formula is C14H26N2O5. The lowest BCUT2D eigenvalue weighted by Crippen LogP contribution is -2.43. The van der Waals surface area contributed by atoms with E-state index in [1.54, 1.807) is 0 Å². The molecular weight excluding hydrogens is 276 g/mol. The summed E-state index contributed by atoms with van der Waals surface area (Å²) in [5.41, 5.74) is 0. The normalized spacial score (nSPS) is 13.1. The second kappa shape index (κ2) is 11.1. The SMILES string of the molecule is CCC(C)C(CO)NC(=O)CCNC(=O)CCC(=O)OC. The lowest BCUT2D eigenvalue weighted by molar-refractivity contribution is -0.142. The predicted octanol–water partition coefficient (Wildman–Crippen LogP) is -0.0309. The van der Waals surface area contributed by atoms with E-state index >= 15 is 0 Å². The van der Waals surface area contributed by atoms with E-state index in [4.69, 9.17) is 0 Å². The van der Waals surface area contributed by atoms with Gasteiger partial charge in [0.2, 0.25) is 11.8 Å². The first-order chi connectivity index (χ1) is 9.94. The van der Waals surface area contributed by atoms with E-state index < -0.39 is 5.97 Å². The molecule has 0 aliphatic rings. The van der Waals surface area contributed by atoms with E-state index in [1.807, 2.05) is 13.8 Å². The van der Waals surface area contributed by atoms with E-state index in [0.717, 1.165) is 6.42 Å². The van der Waals surface area contributed by atoms with Gasteiger partial charge in [0.05, 0.1) is 26.2 Å². The van der Waals surface area contributed by atoms with Crippen LogP contribution in [0.25, 0.3) is 0 Å². The Morgan fingerprint density at radius 1 is 1.14 bits per heavy atom. The van der Waals surface area contributed by atoms with Gasteiger partial charge in [-0.1, -0.05) is 20.3 Å². The van der Waals surface area contributed by atoms with Gasteiger partial charge in [-0.2, -0.15) is 0 Å². The fourth-order valence-electron chi connectivity index (χ4n) is 1.65. The highest BCUT2D eigenvalue weighted by Gasteiger charge is 2.17. The van der Waals surface area contributed by atoms with Crippen molar-refractivity contribution in [3.05, 3.63) is 0 Å². The molecule has 122 valence electrons. The van der Waals surface area contributed by atoms with Crippen molar-refractivity contribution < 1.29 is 24.2 Å². The second-order valence-electron chi connectivity index (χ2n) is 4.92. The topological polar surface area (TPSA) is 105 Å². The molecule has 0 saturated carbocycles. The number of rotatable bonds is 10. The van der Waals surface area contributed by atoms with Crippen LogP contribution in [0.2, 0.25) is 0 Å². The molecule has 0 aromatic heterocycles. The van der Waals surface area contributed by atoms with Gasteiger partial charge in [0, 0.05) is 19.4 Å². The number of ether oxygens (including phenoxy) is 1. The summed E-state index contributed by atoms with van der Waals surface area (Å²) < 4.78 is 4.43. The molecule has 0 aliphatic heterocycles. The molecule has 0 aliphatic carbocycles. The average Bonchev–Trinajstić information content (AvgIpc) is 2.49. The van der Waals surface area contributed by atoms with Crippen LogP contribution in [0.4, 0.5) is 0 Å². The van der Waals surface area contributed by atoms with Crippen molar-refractivity contribution in [2.75, 3.05) is 20.3 Å². The number of aliphatic hydroxyl groups excluding tert-OH is 1. The zero-order valence-corrected chi connectivity index (χ0v) is 13.0. The highest BCUT2D eigenvalue weighted by molar-refractivity contribution is 5.82. The molecule has 7 heteroatoms. The quantitative estimate of drug-likeness (QED) is 0.492. The lowest BCUT2D eigenvalue weighted by atomic mass is 10.00. The Morgan fingerprint density at radius 3 is 2.33 bits per heavy atom. The number of hydrogen-bond donors (Lipinski definition) is 3. The molecule has 0 spiro atoms. The van der Waals surface area contributed by atoms with E-state index in [9.17, 15) is 19.5 Å². The first-order valence-electron chi connectivity index (χ1n) is 7.18. The van der Waals surface area contributed by atoms with Crippen LogP contribution < -0.4 is 10.6 Å². The minimum Gasteiger partial charge on any atom is -0.469 e. The maximum Gasteiger partial charge on any atom is 0.306 e. The summed E-state index contributed by atoms with van der Waals surface area (Å²) in [5, 5.41) is 14.5. The Hall–Kier alpha value is -1.63. The van der Waals surface area contributed by atoms with Gasteiger partial charge >= 0.3 is 5.97 Å². The molecule has 2 atom stereocenters. The van der Waals surface area contributed by atoms with Gasteiger partial charge in [0.15, 0.2) is 0 Å². The minimum absolute atomic E-state index is 0.0229. The Balaban J connectivity index is 3.88. The first kappa shape index (κ1) is 19.4. The fraction of sp³-hybridized carbons (Fsp3) is 0.786. The van der Waals surface area contributed by atoms with Gasteiger partial charge in [-0.25, -0.2) is 0 Å². The van der Waals surface area contributed by atoms with E-state index in [1.165, 1.54) is 7.11 Å². The van der Waals surface area contributed by atoms with Gasteiger partial charge in [0.1, 0.15) is 0 Å². The van der Waals surface area contributed by atoms with Crippen molar-refractivity contribution >= 4 is 17.8 Å². The fourth-order valence-corrected chi connectivity index (χ4v) is 1.65. The van der Waals surface area contributed by atoms with E-state index in [-0.39, 0.29) is 56.2 Å². The van der Waals surface area contributed by atoms with Crippen LogP contribution in [0.1, 0.15) is 39.5 Å². The van der Waals surface area contributed by atoms with Crippen LogP contribution in [0.3, 0.4) is 0 Å². The monoisotopic (exact) mass is 302 g/mol. The molecule has 0 heterocycles.